The molecule has 1 aromatic rings. The standard InChI is InChI=1S/C13H18BrNO5S/c1-4-19-7-8(2)20-13(16)11-5-10(21(15,17)18)6-12(14)9(11)3/h5-6,8H,4,7H2,1-3H3,(H2,15,17,18). The van der Waals surface area contributed by atoms with Gasteiger partial charge in [0, 0.05) is 11.1 Å². The van der Waals surface area contributed by atoms with Gasteiger partial charge in [0.15, 0.2) is 0 Å². The molecular weight excluding hydrogens is 362 g/mol. The van der Waals surface area contributed by atoms with Crippen molar-refractivity contribution in [3.63, 3.8) is 0 Å². The van der Waals surface area contributed by atoms with Crippen molar-refractivity contribution in [3.05, 3.63) is 27.7 Å². The van der Waals surface area contributed by atoms with Crippen molar-refractivity contribution in [2.45, 2.75) is 31.8 Å². The Kier molecular flexibility index (Phi) is 6.33. The predicted molar refractivity (Wildman–Crippen MR) is 81.6 cm³/mol. The summed E-state index contributed by atoms with van der Waals surface area (Å²) in [5.74, 6) is -0.620. The van der Waals surface area contributed by atoms with Gasteiger partial charge in [0.1, 0.15) is 6.10 Å². The van der Waals surface area contributed by atoms with Crippen LogP contribution in [0.1, 0.15) is 29.8 Å². The van der Waals surface area contributed by atoms with E-state index in [1.54, 1.807) is 13.8 Å². The second-order valence-electron chi connectivity index (χ2n) is 4.50. The van der Waals surface area contributed by atoms with Gasteiger partial charge >= 0.3 is 5.97 Å². The number of esters is 1. The van der Waals surface area contributed by atoms with Crippen molar-refractivity contribution in [1.29, 1.82) is 0 Å². The minimum Gasteiger partial charge on any atom is -0.457 e. The Balaban J connectivity index is 3.06. The highest BCUT2D eigenvalue weighted by atomic mass is 79.9. The smallest absolute Gasteiger partial charge is 0.338 e. The van der Waals surface area contributed by atoms with E-state index < -0.39 is 22.1 Å². The number of halogens is 1. The molecule has 21 heavy (non-hydrogen) atoms. The van der Waals surface area contributed by atoms with E-state index in [1.807, 2.05) is 6.92 Å². The van der Waals surface area contributed by atoms with Crippen LogP contribution < -0.4 is 5.14 Å². The van der Waals surface area contributed by atoms with E-state index in [1.165, 1.54) is 12.1 Å². The van der Waals surface area contributed by atoms with Crippen LogP contribution in [0.25, 0.3) is 0 Å². The van der Waals surface area contributed by atoms with Crippen LogP contribution in [-0.4, -0.2) is 33.7 Å². The SMILES string of the molecule is CCOCC(C)OC(=O)c1cc(S(N)(=O)=O)cc(Br)c1C. The summed E-state index contributed by atoms with van der Waals surface area (Å²) in [5.41, 5.74) is 0.729. The molecule has 1 unspecified atom stereocenters. The Morgan fingerprint density at radius 3 is 2.57 bits per heavy atom. The van der Waals surface area contributed by atoms with Gasteiger partial charge in [-0.05, 0) is 38.5 Å². The lowest BCUT2D eigenvalue weighted by atomic mass is 10.1. The van der Waals surface area contributed by atoms with Crippen LogP contribution in [-0.2, 0) is 19.5 Å². The van der Waals surface area contributed by atoms with Crippen LogP contribution in [0.4, 0.5) is 0 Å². The summed E-state index contributed by atoms with van der Waals surface area (Å²) in [7, 11) is -3.90. The molecule has 0 saturated heterocycles. The fraction of sp³-hybridized carbons (Fsp3) is 0.462. The summed E-state index contributed by atoms with van der Waals surface area (Å²) >= 11 is 3.21. The minimum absolute atomic E-state index is 0.149. The average molecular weight is 380 g/mol. The zero-order chi connectivity index (χ0) is 16.2. The lowest BCUT2D eigenvalue weighted by Crippen LogP contribution is -2.22. The molecule has 0 aliphatic rings. The van der Waals surface area contributed by atoms with E-state index >= 15 is 0 Å². The Bertz CT molecular complexity index is 630. The molecule has 1 atom stereocenters. The molecule has 0 saturated carbocycles. The molecule has 0 radical (unpaired) electrons. The number of hydrogen-bond acceptors (Lipinski definition) is 5. The first kappa shape index (κ1) is 18.1. The maximum absolute atomic E-state index is 12.1. The first-order valence-electron chi connectivity index (χ1n) is 6.28. The summed E-state index contributed by atoms with van der Waals surface area (Å²) in [4.78, 5) is 12.0. The Labute approximate surface area is 132 Å². The van der Waals surface area contributed by atoms with Crippen molar-refractivity contribution >= 4 is 31.9 Å². The third-order valence-electron chi connectivity index (χ3n) is 2.73. The Hall–Kier alpha value is -0.960. The Morgan fingerprint density at radius 2 is 2.05 bits per heavy atom. The predicted octanol–water partition coefficient (Wildman–Crippen LogP) is 1.99. The van der Waals surface area contributed by atoms with E-state index in [-0.39, 0.29) is 17.1 Å². The highest BCUT2D eigenvalue weighted by Gasteiger charge is 2.20. The second-order valence-corrected chi connectivity index (χ2v) is 6.91. The van der Waals surface area contributed by atoms with Gasteiger partial charge in [0.25, 0.3) is 0 Å². The van der Waals surface area contributed by atoms with Crippen LogP contribution in [0.5, 0.6) is 0 Å². The van der Waals surface area contributed by atoms with Crippen molar-refractivity contribution in [1.82, 2.24) is 0 Å². The number of sulfonamides is 1. The van der Waals surface area contributed by atoms with E-state index in [0.29, 0.717) is 16.6 Å². The zero-order valence-electron chi connectivity index (χ0n) is 12.1. The molecule has 0 amide bonds. The van der Waals surface area contributed by atoms with Crippen molar-refractivity contribution in [2.75, 3.05) is 13.2 Å². The summed E-state index contributed by atoms with van der Waals surface area (Å²) in [6, 6.07) is 2.57. The molecule has 0 heterocycles. The van der Waals surface area contributed by atoms with Crippen LogP contribution in [0, 0.1) is 6.92 Å². The van der Waals surface area contributed by atoms with Crippen molar-refractivity contribution in [2.24, 2.45) is 5.14 Å². The average Bonchev–Trinajstić information content (AvgIpc) is 2.37. The summed E-state index contributed by atoms with van der Waals surface area (Å²) in [6.07, 6.45) is -0.436. The second kappa shape index (κ2) is 7.35. The van der Waals surface area contributed by atoms with Gasteiger partial charge in [-0.1, -0.05) is 15.9 Å². The van der Waals surface area contributed by atoms with Crippen LogP contribution in [0.2, 0.25) is 0 Å². The number of rotatable bonds is 6. The largest absolute Gasteiger partial charge is 0.457 e. The van der Waals surface area contributed by atoms with Crippen molar-refractivity contribution in [3.8, 4) is 0 Å². The number of ether oxygens (including phenoxy) is 2. The maximum Gasteiger partial charge on any atom is 0.338 e. The number of nitrogens with two attached hydrogens (primary N) is 1. The monoisotopic (exact) mass is 379 g/mol. The van der Waals surface area contributed by atoms with Crippen molar-refractivity contribution < 1.29 is 22.7 Å². The number of hydrogen-bond donors (Lipinski definition) is 1. The van der Waals surface area contributed by atoms with Gasteiger partial charge in [-0.2, -0.15) is 0 Å². The maximum atomic E-state index is 12.1. The van der Waals surface area contributed by atoms with Gasteiger partial charge < -0.3 is 9.47 Å². The third-order valence-corrected chi connectivity index (χ3v) is 4.45. The first-order valence-corrected chi connectivity index (χ1v) is 8.62. The number of primary sulfonamides is 1. The summed E-state index contributed by atoms with van der Waals surface area (Å²) in [6.45, 7) is 6.01. The van der Waals surface area contributed by atoms with Crippen LogP contribution in [0.15, 0.2) is 21.5 Å². The number of carbonyl (C=O) groups is 1. The normalized spacial score (nSPS) is 13.0. The molecule has 0 aromatic heterocycles. The Morgan fingerprint density at radius 1 is 1.43 bits per heavy atom. The number of carbonyl (C=O) groups excluding carboxylic acids is 1. The molecule has 118 valence electrons. The highest BCUT2D eigenvalue weighted by molar-refractivity contribution is 9.10. The molecule has 0 spiro atoms. The molecular formula is C13H18BrNO5S. The highest BCUT2D eigenvalue weighted by Crippen LogP contribution is 2.25. The molecule has 0 aliphatic heterocycles. The molecule has 8 heteroatoms. The van der Waals surface area contributed by atoms with Gasteiger partial charge in [-0.3, -0.25) is 0 Å². The lowest BCUT2D eigenvalue weighted by Gasteiger charge is -2.15. The topological polar surface area (TPSA) is 95.7 Å². The van der Waals surface area contributed by atoms with E-state index in [4.69, 9.17) is 14.6 Å². The quantitative estimate of drug-likeness (QED) is 0.762. The number of benzene rings is 1. The zero-order valence-corrected chi connectivity index (χ0v) is 14.5. The summed E-state index contributed by atoms with van der Waals surface area (Å²) < 4.78 is 33.7. The molecule has 2 N–H and O–H groups in total. The van der Waals surface area contributed by atoms with Gasteiger partial charge in [0.05, 0.1) is 17.1 Å². The van der Waals surface area contributed by atoms with Crippen LogP contribution >= 0.6 is 15.9 Å². The molecule has 1 aromatic carbocycles. The molecule has 0 bridgehead atoms. The minimum atomic E-state index is -3.90. The van der Waals surface area contributed by atoms with E-state index in [2.05, 4.69) is 15.9 Å². The van der Waals surface area contributed by atoms with E-state index in [9.17, 15) is 13.2 Å². The molecule has 1 rings (SSSR count). The van der Waals surface area contributed by atoms with Gasteiger partial charge in [-0.15, -0.1) is 0 Å². The molecule has 0 fully saturated rings. The third kappa shape index (κ3) is 5.06. The van der Waals surface area contributed by atoms with Gasteiger partial charge in [0.2, 0.25) is 10.0 Å². The van der Waals surface area contributed by atoms with E-state index in [0.717, 1.165) is 0 Å². The fourth-order valence-electron chi connectivity index (χ4n) is 1.59. The summed E-state index contributed by atoms with van der Waals surface area (Å²) in [5, 5.41) is 5.09. The lowest BCUT2D eigenvalue weighted by molar-refractivity contribution is 0.00430. The molecule has 0 aliphatic carbocycles. The van der Waals surface area contributed by atoms with Gasteiger partial charge in [-0.25, -0.2) is 18.4 Å². The van der Waals surface area contributed by atoms with Crippen LogP contribution in [0.3, 0.4) is 0 Å². The first-order chi connectivity index (χ1) is 9.66. The fourth-order valence-corrected chi connectivity index (χ4v) is 2.77. The molecule has 6 nitrogen and oxygen atoms in total.